The number of imide groups is 2. The Morgan fingerprint density at radius 1 is 1.23 bits per heavy atom. The summed E-state index contributed by atoms with van der Waals surface area (Å²) in [5.74, 6) is -2.68. The van der Waals surface area contributed by atoms with Crippen LogP contribution in [0.5, 0.6) is 5.75 Å². The molecule has 2 atom stereocenters. The minimum absolute atomic E-state index is 0.0366. The zero-order valence-electron chi connectivity index (χ0n) is 17.4. The van der Waals surface area contributed by atoms with Gasteiger partial charge in [-0.3, -0.25) is 29.4 Å². The Bertz CT molecular complexity index is 916. The van der Waals surface area contributed by atoms with Gasteiger partial charge in [-0.1, -0.05) is 31.9 Å². The molecule has 0 unspecified atom stereocenters. The fourth-order valence-electron chi connectivity index (χ4n) is 4.02. The van der Waals surface area contributed by atoms with E-state index in [0.717, 1.165) is 24.2 Å². The van der Waals surface area contributed by atoms with Gasteiger partial charge in [0, 0.05) is 0 Å². The number of carbonyl (C=O) groups excluding carboxylic acids is 5. The van der Waals surface area contributed by atoms with Crippen LogP contribution in [-0.2, 0) is 19.1 Å². The Hall–Kier alpha value is -3.43. The number of hydrogen-bond acceptors (Lipinski definition) is 7. The van der Waals surface area contributed by atoms with Gasteiger partial charge in [-0.2, -0.15) is 0 Å². The van der Waals surface area contributed by atoms with Crippen LogP contribution >= 0.6 is 0 Å². The van der Waals surface area contributed by atoms with E-state index >= 15 is 0 Å². The van der Waals surface area contributed by atoms with E-state index in [9.17, 15) is 24.0 Å². The fraction of sp³-hybridized carbons (Fsp3) is 0.476. The predicted molar refractivity (Wildman–Crippen MR) is 107 cm³/mol. The summed E-state index contributed by atoms with van der Waals surface area (Å²) in [6, 6.07) is 5.68. The molecule has 2 fully saturated rings. The lowest BCUT2D eigenvalue weighted by atomic mass is 9.73. The Labute approximate surface area is 179 Å². The first kappa shape index (κ1) is 22.3. The van der Waals surface area contributed by atoms with Gasteiger partial charge in [-0.15, -0.1) is 0 Å². The van der Waals surface area contributed by atoms with Crippen LogP contribution in [0.1, 0.15) is 43.0 Å². The third-order valence-electron chi connectivity index (χ3n) is 5.76. The second kappa shape index (κ2) is 9.15. The Morgan fingerprint density at radius 2 is 1.97 bits per heavy atom. The van der Waals surface area contributed by atoms with Crippen molar-refractivity contribution < 1.29 is 33.4 Å². The molecule has 10 nitrogen and oxygen atoms in total. The molecule has 3 rings (SSSR count). The molecule has 0 aromatic heterocycles. The molecule has 5 amide bonds. The molecule has 1 spiro atoms. The average Bonchev–Trinajstić information content (AvgIpc) is 2.99. The van der Waals surface area contributed by atoms with Crippen LogP contribution in [0.15, 0.2) is 24.3 Å². The first-order valence-electron chi connectivity index (χ1n) is 10.1. The topological polar surface area (TPSA) is 131 Å². The maximum atomic E-state index is 12.8. The number of urea groups is 1. The van der Waals surface area contributed by atoms with Gasteiger partial charge in [0.2, 0.25) is 0 Å². The molecule has 0 bridgehead atoms. The van der Waals surface area contributed by atoms with Crippen molar-refractivity contribution in [2.75, 3.05) is 20.3 Å². The van der Waals surface area contributed by atoms with Gasteiger partial charge in [0.1, 0.15) is 17.8 Å². The van der Waals surface area contributed by atoms with Gasteiger partial charge < -0.3 is 14.8 Å². The van der Waals surface area contributed by atoms with Gasteiger partial charge in [0.15, 0.2) is 6.61 Å². The van der Waals surface area contributed by atoms with Crippen LogP contribution in [0.25, 0.3) is 0 Å². The standard InChI is InChI=1S/C21H25N3O7/c1-13-7-5-6-10-21(13)19(28)24(20(29)23-21)11-17(26)31-12-16(25)22-18(27)14-8-3-4-9-15(14)30-2/h3-4,8-9,13H,5-7,10-12H2,1-2H3,(H,23,29)(H,22,25,27)/t13-,21+/m0/s1. The van der Waals surface area contributed by atoms with Crippen LogP contribution in [0.3, 0.4) is 0 Å². The van der Waals surface area contributed by atoms with Crippen LogP contribution in [0.2, 0.25) is 0 Å². The number of ether oxygens (including phenoxy) is 2. The maximum absolute atomic E-state index is 12.8. The summed E-state index contributed by atoms with van der Waals surface area (Å²) in [7, 11) is 1.39. The molecule has 0 radical (unpaired) electrons. The first-order valence-corrected chi connectivity index (χ1v) is 10.1. The molecular formula is C21H25N3O7. The fourth-order valence-corrected chi connectivity index (χ4v) is 4.02. The van der Waals surface area contributed by atoms with Gasteiger partial charge in [0.25, 0.3) is 17.7 Å². The smallest absolute Gasteiger partial charge is 0.326 e. The van der Waals surface area contributed by atoms with Crippen LogP contribution in [-0.4, -0.2) is 60.4 Å². The zero-order valence-corrected chi connectivity index (χ0v) is 17.4. The van der Waals surface area contributed by atoms with E-state index in [1.54, 1.807) is 18.2 Å². The summed E-state index contributed by atoms with van der Waals surface area (Å²) in [5, 5.41) is 4.83. The highest BCUT2D eigenvalue weighted by molar-refractivity contribution is 6.09. The molecule has 1 aromatic rings. The molecule has 31 heavy (non-hydrogen) atoms. The van der Waals surface area contributed by atoms with Gasteiger partial charge in [-0.05, 0) is 30.9 Å². The van der Waals surface area contributed by atoms with E-state index in [2.05, 4.69) is 10.6 Å². The van der Waals surface area contributed by atoms with Crippen LogP contribution in [0.4, 0.5) is 4.79 Å². The molecule has 1 heterocycles. The van der Waals surface area contributed by atoms with Crippen molar-refractivity contribution in [2.45, 2.75) is 38.1 Å². The molecule has 166 valence electrons. The number of esters is 1. The lowest BCUT2D eigenvalue weighted by Crippen LogP contribution is -2.54. The Kier molecular flexibility index (Phi) is 6.57. The molecule has 2 aliphatic rings. The quantitative estimate of drug-likeness (QED) is 0.507. The van der Waals surface area contributed by atoms with Gasteiger partial charge in [0.05, 0.1) is 12.7 Å². The molecule has 1 saturated carbocycles. The minimum atomic E-state index is -0.978. The second-order valence-electron chi connectivity index (χ2n) is 7.68. The molecule has 2 N–H and O–H groups in total. The summed E-state index contributed by atoms with van der Waals surface area (Å²) in [6.07, 6.45) is 3.13. The normalized spacial score (nSPS) is 22.8. The van der Waals surface area contributed by atoms with Crippen LogP contribution < -0.4 is 15.4 Å². The van der Waals surface area contributed by atoms with Crippen molar-refractivity contribution in [3.8, 4) is 5.75 Å². The van der Waals surface area contributed by atoms with E-state index in [1.165, 1.54) is 13.2 Å². The molecule has 1 saturated heterocycles. The van der Waals surface area contributed by atoms with Crippen LogP contribution in [0, 0.1) is 5.92 Å². The Balaban J connectivity index is 1.52. The number of para-hydroxylation sites is 1. The van der Waals surface area contributed by atoms with Crippen molar-refractivity contribution in [1.82, 2.24) is 15.5 Å². The summed E-state index contributed by atoms with van der Waals surface area (Å²) < 4.78 is 9.91. The molecule has 1 aromatic carbocycles. The third-order valence-corrected chi connectivity index (χ3v) is 5.76. The van der Waals surface area contributed by atoms with Crippen molar-refractivity contribution in [3.63, 3.8) is 0 Å². The summed E-state index contributed by atoms with van der Waals surface area (Å²) in [6.45, 7) is 0.569. The van der Waals surface area contributed by atoms with Crippen molar-refractivity contribution in [3.05, 3.63) is 29.8 Å². The van der Waals surface area contributed by atoms with Gasteiger partial charge in [-0.25, -0.2) is 4.79 Å². The second-order valence-corrected chi connectivity index (χ2v) is 7.68. The van der Waals surface area contributed by atoms with Crippen molar-refractivity contribution in [2.24, 2.45) is 5.92 Å². The summed E-state index contributed by atoms with van der Waals surface area (Å²) in [5.41, 5.74) is -0.829. The molecular weight excluding hydrogens is 406 g/mol. The third kappa shape index (κ3) is 4.52. The molecule has 1 aliphatic carbocycles. The van der Waals surface area contributed by atoms with Crippen molar-refractivity contribution >= 4 is 29.7 Å². The first-order chi connectivity index (χ1) is 14.8. The SMILES string of the molecule is COc1ccccc1C(=O)NC(=O)COC(=O)CN1C(=O)N[C@@]2(CCCC[C@@H]2C)C1=O. The summed E-state index contributed by atoms with van der Waals surface area (Å²) >= 11 is 0. The monoisotopic (exact) mass is 431 g/mol. The average molecular weight is 431 g/mol. The lowest BCUT2D eigenvalue weighted by molar-refractivity contribution is -0.151. The number of amides is 5. The number of rotatable bonds is 6. The molecule has 1 aliphatic heterocycles. The number of carbonyl (C=O) groups is 5. The van der Waals surface area contributed by atoms with E-state index in [-0.39, 0.29) is 17.2 Å². The predicted octanol–water partition coefficient (Wildman–Crippen LogP) is 0.995. The number of hydrogen-bond donors (Lipinski definition) is 2. The summed E-state index contributed by atoms with van der Waals surface area (Å²) in [4.78, 5) is 62.2. The number of nitrogens with one attached hydrogen (secondary N) is 2. The van der Waals surface area contributed by atoms with E-state index in [4.69, 9.17) is 9.47 Å². The van der Waals surface area contributed by atoms with E-state index < -0.39 is 48.4 Å². The highest BCUT2D eigenvalue weighted by Crippen LogP contribution is 2.38. The number of nitrogens with zero attached hydrogens (tertiary/aromatic N) is 1. The lowest BCUT2D eigenvalue weighted by Gasteiger charge is -2.36. The van der Waals surface area contributed by atoms with E-state index in [1.807, 2.05) is 6.92 Å². The highest BCUT2D eigenvalue weighted by Gasteiger charge is 2.55. The molecule has 10 heteroatoms. The number of benzene rings is 1. The zero-order chi connectivity index (χ0) is 22.6. The largest absolute Gasteiger partial charge is 0.496 e. The maximum Gasteiger partial charge on any atom is 0.326 e. The highest BCUT2D eigenvalue weighted by atomic mass is 16.5. The van der Waals surface area contributed by atoms with Gasteiger partial charge >= 0.3 is 12.0 Å². The van der Waals surface area contributed by atoms with E-state index in [0.29, 0.717) is 6.42 Å². The Morgan fingerprint density at radius 3 is 2.68 bits per heavy atom. The minimum Gasteiger partial charge on any atom is -0.496 e. The van der Waals surface area contributed by atoms with Crippen molar-refractivity contribution in [1.29, 1.82) is 0 Å². The number of methoxy groups -OCH3 is 1.